The van der Waals surface area contributed by atoms with Gasteiger partial charge in [0.25, 0.3) is 0 Å². The number of anilines is 1. The van der Waals surface area contributed by atoms with Gasteiger partial charge in [-0.1, -0.05) is 13.3 Å². The summed E-state index contributed by atoms with van der Waals surface area (Å²) in [6.45, 7) is 2.03. The molecule has 0 aromatic carbocycles. The van der Waals surface area contributed by atoms with Gasteiger partial charge in [-0.3, -0.25) is 9.82 Å². The lowest BCUT2D eigenvalue weighted by Gasteiger charge is -1.98. The Hall–Kier alpha value is -0.750. The molecule has 0 radical (unpaired) electrons. The van der Waals surface area contributed by atoms with E-state index in [1.54, 1.807) is 6.07 Å². The van der Waals surface area contributed by atoms with Crippen LogP contribution in [0.25, 0.3) is 0 Å². The average Bonchev–Trinajstić information content (AvgIpc) is 2.53. The van der Waals surface area contributed by atoms with E-state index in [-0.39, 0.29) is 5.82 Å². The van der Waals surface area contributed by atoms with Crippen molar-refractivity contribution in [2.24, 2.45) is 0 Å². The van der Waals surface area contributed by atoms with E-state index in [1.807, 2.05) is 6.92 Å². The van der Waals surface area contributed by atoms with Crippen molar-refractivity contribution in [2.45, 2.75) is 19.8 Å². The maximum Gasteiger partial charge on any atom is 0.248 e. The number of alkyl halides is 1. The highest BCUT2D eigenvalue weighted by molar-refractivity contribution is 7.93. The van der Waals surface area contributed by atoms with Crippen molar-refractivity contribution in [3.8, 4) is 0 Å². The molecule has 0 aliphatic heterocycles. The van der Waals surface area contributed by atoms with E-state index in [4.69, 9.17) is 11.6 Å². The van der Waals surface area contributed by atoms with Crippen LogP contribution in [-0.4, -0.2) is 23.8 Å². The molecule has 1 heterocycles. The molecule has 0 bridgehead atoms. The number of nitrogens with one attached hydrogen (secondary N) is 2. The summed E-state index contributed by atoms with van der Waals surface area (Å²) in [5, 5.41) is 6.06. The highest BCUT2D eigenvalue weighted by Gasteiger charge is 2.10. The van der Waals surface area contributed by atoms with E-state index < -0.39 is 15.2 Å². The zero-order chi connectivity index (χ0) is 10.6. The first-order valence-electron chi connectivity index (χ1n) is 4.18. The quantitative estimate of drug-likeness (QED) is 0.758. The van der Waals surface area contributed by atoms with Crippen LogP contribution in [0, 0.1) is 0 Å². The van der Waals surface area contributed by atoms with Gasteiger partial charge in [0.2, 0.25) is 10.0 Å². The molecule has 0 atom stereocenters. The summed E-state index contributed by atoms with van der Waals surface area (Å²) in [5.41, 5.74) is 0.903. The van der Waals surface area contributed by atoms with Crippen LogP contribution in [0.15, 0.2) is 6.07 Å². The molecule has 14 heavy (non-hydrogen) atoms. The van der Waals surface area contributed by atoms with E-state index >= 15 is 0 Å². The largest absolute Gasteiger partial charge is 0.280 e. The molecule has 0 spiro atoms. The fraction of sp³-hybridized carbons (Fsp3) is 0.571. The molecular formula is C7H12ClN3O2S. The minimum Gasteiger partial charge on any atom is -0.280 e. The third kappa shape index (κ3) is 3.19. The molecule has 0 aliphatic rings. The summed E-state index contributed by atoms with van der Waals surface area (Å²) < 4.78 is 24.3. The number of aromatic amines is 1. The average molecular weight is 238 g/mol. The molecule has 5 nitrogen and oxygen atoms in total. The van der Waals surface area contributed by atoms with Crippen LogP contribution in [0.2, 0.25) is 0 Å². The molecule has 0 aliphatic carbocycles. The zero-order valence-electron chi connectivity index (χ0n) is 7.75. The first-order valence-corrected chi connectivity index (χ1v) is 6.37. The number of rotatable bonds is 5. The normalized spacial score (nSPS) is 11.6. The van der Waals surface area contributed by atoms with E-state index in [2.05, 4.69) is 14.9 Å². The number of aryl methyl sites for hydroxylation is 1. The molecule has 0 amide bonds. The van der Waals surface area contributed by atoms with Crippen molar-refractivity contribution in [2.75, 3.05) is 9.93 Å². The van der Waals surface area contributed by atoms with Crippen LogP contribution in [0.1, 0.15) is 19.0 Å². The highest BCUT2D eigenvalue weighted by atomic mass is 35.5. The smallest absolute Gasteiger partial charge is 0.248 e. The molecule has 0 fully saturated rings. The van der Waals surface area contributed by atoms with Crippen LogP contribution in [0.3, 0.4) is 0 Å². The zero-order valence-corrected chi connectivity index (χ0v) is 9.32. The van der Waals surface area contributed by atoms with Gasteiger partial charge in [0.1, 0.15) is 5.21 Å². The Kier molecular flexibility index (Phi) is 3.77. The standard InChI is InChI=1S/C7H12ClN3O2S/c1-2-3-6-4-7(10-9-6)11-14(12,13)5-8/h4H,2-3,5H2,1H3,(H2,9,10,11). The van der Waals surface area contributed by atoms with Crippen LogP contribution in [0.5, 0.6) is 0 Å². The number of hydrogen-bond acceptors (Lipinski definition) is 3. The summed E-state index contributed by atoms with van der Waals surface area (Å²) in [5.74, 6) is 0.286. The summed E-state index contributed by atoms with van der Waals surface area (Å²) in [4.78, 5) is 0. The third-order valence-corrected chi connectivity index (χ3v) is 3.22. The van der Waals surface area contributed by atoms with Crippen LogP contribution in [0.4, 0.5) is 5.82 Å². The topological polar surface area (TPSA) is 74.8 Å². The Labute approximate surface area is 87.9 Å². The molecule has 2 N–H and O–H groups in total. The van der Waals surface area contributed by atoms with E-state index in [9.17, 15) is 8.42 Å². The molecule has 1 aromatic rings. The van der Waals surface area contributed by atoms with Crippen molar-refractivity contribution in [3.63, 3.8) is 0 Å². The number of nitrogens with zero attached hydrogens (tertiary/aromatic N) is 1. The van der Waals surface area contributed by atoms with Gasteiger partial charge in [-0.15, -0.1) is 11.6 Å². The fourth-order valence-electron chi connectivity index (χ4n) is 0.998. The Bertz CT molecular complexity index is 387. The first-order chi connectivity index (χ1) is 6.57. The molecule has 0 saturated carbocycles. The SMILES string of the molecule is CCCc1cc(NS(=O)(=O)CCl)n[nH]1. The predicted octanol–water partition coefficient (Wildman–Crippen LogP) is 1.30. The van der Waals surface area contributed by atoms with Crippen molar-refractivity contribution < 1.29 is 8.42 Å². The molecule has 1 aromatic heterocycles. The third-order valence-electron chi connectivity index (χ3n) is 1.55. The Morgan fingerprint density at radius 3 is 2.93 bits per heavy atom. The number of aromatic nitrogens is 2. The molecule has 7 heteroatoms. The number of halogens is 1. The lowest BCUT2D eigenvalue weighted by atomic mass is 10.2. The van der Waals surface area contributed by atoms with Crippen molar-refractivity contribution >= 4 is 27.4 Å². The Morgan fingerprint density at radius 2 is 2.36 bits per heavy atom. The molecule has 0 unspecified atom stereocenters. The number of H-pyrrole nitrogens is 1. The summed E-state index contributed by atoms with van der Waals surface area (Å²) in [6.07, 6.45) is 1.82. The Balaban J connectivity index is 2.69. The van der Waals surface area contributed by atoms with Crippen LogP contribution >= 0.6 is 11.6 Å². The lowest BCUT2D eigenvalue weighted by molar-refractivity contribution is 0.605. The minimum absolute atomic E-state index is 0.286. The van der Waals surface area contributed by atoms with Gasteiger partial charge >= 0.3 is 0 Å². The maximum atomic E-state index is 11.0. The minimum atomic E-state index is -3.44. The number of hydrogen-bond donors (Lipinski definition) is 2. The van der Waals surface area contributed by atoms with Crippen LogP contribution < -0.4 is 4.72 Å². The summed E-state index contributed by atoms with van der Waals surface area (Å²) in [7, 11) is -3.44. The second-order valence-corrected chi connectivity index (χ2v) is 5.16. The molecular weight excluding hydrogens is 226 g/mol. The van der Waals surface area contributed by atoms with Crippen molar-refractivity contribution in [3.05, 3.63) is 11.8 Å². The van der Waals surface area contributed by atoms with Gasteiger partial charge in [-0.25, -0.2) is 8.42 Å². The summed E-state index contributed by atoms with van der Waals surface area (Å²) >= 11 is 5.22. The highest BCUT2D eigenvalue weighted by Crippen LogP contribution is 2.09. The van der Waals surface area contributed by atoms with E-state index in [0.29, 0.717) is 0 Å². The van der Waals surface area contributed by atoms with E-state index in [1.165, 1.54) is 0 Å². The van der Waals surface area contributed by atoms with Crippen LogP contribution in [-0.2, 0) is 16.4 Å². The first kappa shape index (κ1) is 11.3. The van der Waals surface area contributed by atoms with Crippen molar-refractivity contribution in [1.82, 2.24) is 10.2 Å². The Morgan fingerprint density at radius 1 is 1.64 bits per heavy atom. The maximum absolute atomic E-state index is 11.0. The molecule has 80 valence electrons. The second kappa shape index (κ2) is 4.65. The molecule has 1 rings (SSSR count). The molecule has 0 saturated heterocycles. The van der Waals surface area contributed by atoms with Gasteiger partial charge < -0.3 is 0 Å². The van der Waals surface area contributed by atoms with Gasteiger partial charge in [-0.05, 0) is 6.42 Å². The van der Waals surface area contributed by atoms with E-state index in [0.717, 1.165) is 18.5 Å². The predicted molar refractivity (Wildman–Crippen MR) is 55.8 cm³/mol. The summed E-state index contributed by atoms with van der Waals surface area (Å²) in [6, 6.07) is 1.66. The lowest BCUT2D eigenvalue weighted by Crippen LogP contribution is -2.13. The van der Waals surface area contributed by atoms with Gasteiger partial charge in [-0.2, -0.15) is 5.10 Å². The van der Waals surface area contributed by atoms with Gasteiger partial charge in [0.05, 0.1) is 0 Å². The van der Waals surface area contributed by atoms with Gasteiger partial charge in [0, 0.05) is 11.8 Å². The monoisotopic (exact) mass is 237 g/mol. The fourth-order valence-corrected chi connectivity index (χ4v) is 1.64. The van der Waals surface area contributed by atoms with Gasteiger partial charge in [0.15, 0.2) is 5.82 Å². The second-order valence-electron chi connectivity index (χ2n) is 2.85. The van der Waals surface area contributed by atoms with Crippen molar-refractivity contribution in [1.29, 1.82) is 0 Å². The number of sulfonamides is 1.